The fourth-order valence-corrected chi connectivity index (χ4v) is 2.84. The molecular formula is C20H24N4O2. The van der Waals surface area contributed by atoms with Gasteiger partial charge >= 0.3 is 0 Å². The number of anilines is 1. The van der Waals surface area contributed by atoms with Crippen molar-refractivity contribution in [2.45, 2.75) is 46.6 Å². The molecule has 26 heavy (non-hydrogen) atoms. The van der Waals surface area contributed by atoms with Gasteiger partial charge < -0.3 is 10.4 Å². The van der Waals surface area contributed by atoms with Gasteiger partial charge in [0.1, 0.15) is 5.75 Å². The standard InChI is InChI=1S/C20H24N4O2/c1-11(2)17-9-14(15-10-21-24(12(3)4)19(15)22-17)20(26)23-16-7-6-13(5)8-18(16)25/h6-12,25H,1-5H3,(H,23,26). The Hall–Kier alpha value is -2.89. The fraction of sp³-hybridized carbons (Fsp3) is 0.350. The maximum absolute atomic E-state index is 12.9. The van der Waals surface area contributed by atoms with Crippen molar-refractivity contribution < 1.29 is 9.90 Å². The number of rotatable bonds is 4. The molecule has 0 bridgehead atoms. The number of nitrogens with zero attached hydrogens (tertiary/aromatic N) is 3. The molecule has 0 radical (unpaired) electrons. The molecule has 2 N–H and O–H groups in total. The third-order valence-electron chi connectivity index (χ3n) is 4.31. The number of carbonyl (C=O) groups excluding carboxylic acids is 1. The van der Waals surface area contributed by atoms with Crippen LogP contribution in [0, 0.1) is 6.92 Å². The number of carbonyl (C=O) groups is 1. The molecule has 3 rings (SSSR count). The zero-order valence-corrected chi connectivity index (χ0v) is 15.7. The van der Waals surface area contributed by atoms with Crippen LogP contribution < -0.4 is 5.32 Å². The number of aromatic hydroxyl groups is 1. The lowest BCUT2D eigenvalue weighted by Gasteiger charge is -2.13. The molecule has 0 saturated carbocycles. The van der Waals surface area contributed by atoms with Crippen molar-refractivity contribution in [3.05, 3.63) is 47.3 Å². The molecule has 1 aromatic carbocycles. The van der Waals surface area contributed by atoms with E-state index in [1.165, 1.54) is 0 Å². The Labute approximate surface area is 152 Å². The van der Waals surface area contributed by atoms with Gasteiger partial charge in [-0.1, -0.05) is 19.9 Å². The van der Waals surface area contributed by atoms with Gasteiger partial charge in [0.15, 0.2) is 5.65 Å². The number of aryl methyl sites for hydroxylation is 1. The van der Waals surface area contributed by atoms with Crippen molar-refractivity contribution >= 4 is 22.6 Å². The van der Waals surface area contributed by atoms with Gasteiger partial charge in [-0.3, -0.25) is 4.79 Å². The van der Waals surface area contributed by atoms with E-state index in [2.05, 4.69) is 10.4 Å². The largest absolute Gasteiger partial charge is 0.506 e. The number of aromatic nitrogens is 3. The summed E-state index contributed by atoms with van der Waals surface area (Å²) in [5.74, 6) is -0.0680. The Kier molecular flexibility index (Phi) is 4.68. The second-order valence-corrected chi connectivity index (χ2v) is 7.14. The molecule has 0 aliphatic heterocycles. The molecular weight excluding hydrogens is 328 g/mol. The molecule has 0 fully saturated rings. The molecule has 6 heteroatoms. The molecule has 0 spiro atoms. The Morgan fingerprint density at radius 1 is 1.19 bits per heavy atom. The minimum absolute atomic E-state index is 0.0469. The van der Waals surface area contributed by atoms with Crippen molar-refractivity contribution in [1.82, 2.24) is 14.8 Å². The van der Waals surface area contributed by atoms with Crippen LogP contribution in [0.5, 0.6) is 5.75 Å². The quantitative estimate of drug-likeness (QED) is 0.682. The number of fused-ring (bicyclic) bond motifs is 1. The molecule has 0 aliphatic carbocycles. The van der Waals surface area contributed by atoms with Crippen molar-refractivity contribution in [2.75, 3.05) is 5.32 Å². The van der Waals surface area contributed by atoms with Crippen LogP contribution in [0.1, 0.15) is 61.3 Å². The van der Waals surface area contributed by atoms with E-state index < -0.39 is 0 Å². The molecule has 0 saturated heterocycles. The van der Waals surface area contributed by atoms with Gasteiger partial charge in [0.05, 0.1) is 22.8 Å². The third-order valence-corrected chi connectivity index (χ3v) is 4.31. The zero-order valence-electron chi connectivity index (χ0n) is 15.7. The van der Waals surface area contributed by atoms with E-state index in [1.807, 2.05) is 45.4 Å². The first kappa shape index (κ1) is 17.9. The minimum atomic E-state index is -0.290. The van der Waals surface area contributed by atoms with Gasteiger partial charge in [0.2, 0.25) is 0 Å². The molecule has 0 unspecified atom stereocenters. The van der Waals surface area contributed by atoms with Gasteiger partial charge in [-0.15, -0.1) is 0 Å². The lowest BCUT2D eigenvalue weighted by molar-refractivity contribution is 0.102. The predicted octanol–water partition coefficient (Wildman–Crippen LogP) is 4.40. The summed E-state index contributed by atoms with van der Waals surface area (Å²) < 4.78 is 1.82. The van der Waals surface area contributed by atoms with E-state index in [4.69, 9.17) is 4.98 Å². The second kappa shape index (κ2) is 6.78. The van der Waals surface area contributed by atoms with E-state index in [-0.39, 0.29) is 23.6 Å². The van der Waals surface area contributed by atoms with Crippen molar-refractivity contribution in [3.8, 4) is 5.75 Å². The highest BCUT2D eigenvalue weighted by Gasteiger charge is 2.19. The second-order valence-electron chi connectivity index (χ2n) is 7.14. The van der Waals surface area contributed by atoms with Crippen LogP contribution in [0.25, 0.3) is 11.0 Å². The summed E-state index contributed by atoms with van der Waals surface area (Å²) in [6.07, 6.45) is 1.68. The van der Waals surface area contributed by atoms with Crippen LogP contribution in [0.2, 0.25) is 0 Å². The lowest BCUT2D eigenvalue weighted by Crippen LogP contribution is -2.14. The zero-order chi connectivity index (χ0) is 19.0. The summed E-state index contributed by atoms with van der Waals surface area (Å²) in [5.41, 5.74) is 3.34. The first-order valence-corrected chi connectivity index (χ1v) is 8.77. The average Bonchev–Trinajstić information content (AvgIpc) is 3.00. The van der Waals surface area contributed by atoms with Crippen LogP contribution in [-0.2, 0) is 0 Å². The summed E-state index contributed by atoms with van der Waals surface area (Å²) in [4.78, 5) is 17.6. The lowest BCUT2D eigenvalue weighted by atomic mass is 10.0. The molecule has 6 nitrogen and oxygen atoms in total. The van der Waals surface area contributed by atoms with E-state index in [0.29, 0.717) is 22.3 Å². The summed E-state index contributed by atoms with van der Waals surface area (Å²) in [5, 5.41) is 18.0. The number of hydrogen-bond acceptors (Lipinski definition) is 4. The highest BCUT2D eigenvalue weighted by molar-refractivity contribution is 6.12. The molecule has 3 aromatic rings. The van der Waals surface area contributed by atoms with E-state index in [9.17, 15) is 9.90 Å². The topological polar surface area (TPSA) is 80.0 Å². The van der Waals surface area contributed by atoms with Crippen LogP contribution >= 0.6 is 0 Å². The molecule has 1 amide bonds. The Morgan fingerprint density at radius 2 is 1.92 bits per heavy atom. The smallest absolute Gasteiger partial charge is 0.256 e. The Balaban J connectivity index is 2.09. The molecule has 2 aromatic heterocycles. The van der Waals surface area contributed by atoms with E-state index in [0.717, 1.165) is 11.3 Å². The van der Waals surface area contributed by atoms with Gasteiger partial charge in [-0.2, -0.15) is 5.10 Å². The Morgan fingerprint density at radius 3 is 2.54 bits per heavy atom. The molecule has 136 valence electrons. The predicted molar refractivity (Wildman–Crippen MR) is 103 cm³/mol. The summed E-state index contributed by atoms with van der Waals surface area (Å²) in [6.45, 7) is 10.0. The molecule has 0 aliphatic rings. The number of phenolic OH excluding ortho intramolecular Hbond substituents is 1. The van der Waals surface area contributed by atoms with Crippen LogP contribution in [0.3, 0.4) is 0 Å². The first-order valence-electron chi connectivity index (χ1n) is 8.77. The van der Waals surface area contributed by atoms with Gasteiger partial charge in [-0.05, 0) is 50.5 Å². The number of amides is 1. The van der Waals surface area contributed by atoms with Crippen molar-refractivity contribution in [1.29, 1.82) is 0 Å². The van der Waals surface area contributed by atoms with Crippen molar-refractivity contribution in [3.63, 3.8) is 0 Å². The Bertz CT molecular complexity index is 973. The van der Waals surface area contributed by atoms with Gasteiger partial charge in [-0.25, -0.2) is 9.67 Å². The number of nitrogens with one attached hydrogen (secondary N) is 1. The number of pyridine rings is 1. The summed E-state index contributed by atoms with van der Waals surface area (Å²) in [6, 6.07) is 7.10. The highest BCUT2D eigenvalue weighted by Crippen LogP contribution is 2.28. The van der Waals surface area contributed by atoms with Crippen LogP contribution in [-0.4, -0.2) is 25.8 Å². The van der Waals surface area contributed by atoms with Crippen molar-refractivity contribution in [2.24, 2.45) is 0 Å². The summed E-state index contributed by atoms with van der Waals surface area (Å²) in [7, 11) is 0. The average molecular weight is 352 g/mol. The highest BCUT2D eigenvalue weighted by atomic mass is 16.3. The van der Waals surface area contributed by atoms with E-state index >= 15 is 0 Å². The molecule has 0 atom stereocenters. The third kappa shape index (κ3) is 3.27. The summed E-state index contributed by atoms with van der Waals surface area (Å²) >= 11 is 0. The molecule has 2 heterocycles. The van der Waals surface area contributed by atoms with Gasteiger partial charge in [0.25, 0.3) is 5.91 Å². The minimum Gasteiger partial charge on any atom is -0.506 e. The first-order chi connectivity index (χ1) is 12.3. The van der Waals surface area contributed by atoms with E-state index in [1.54, 1.807) is 24.4 Å². The number of hydrogen-bond donors (Lipinski definition) is 2. The fourth-order valence-electron chi connectivity index (χ4n) is 2.84. The van der Waals surface area contributed by atoms with Crippen LogP contribution in [0.4, 0.5) is 5.69 Å². The maximum atomic E-state index is 12.9. The SMILES string of the molecule is Cc1ccc(NC(=O)c2cc(C(C)C)nc3c2cnn3C(C)C)c(O)c1. The van der Waals surface area contributed by atoms with Crippen LogP contribution in [0.15, 0.2) is 30.5 Å². The number of benzene rings is 1. The normalized spacial score (nSPS) is 11.5. The maximum Gasteiger partial charge on any atom is 0.256 e. The number of phenols is 1. The van der Waals surface area contributed by atoms with Gasteiger partial charge in [0, 0.05) is 11.7 Å². The monoisotopic (exact) mass is 352 g/mol.